The van der Waals surface area contributed by atoms with Gasteiger partial charge in [0.05, 0.1) is 4.90 Å². The minimum absolute atomic E-state index is 0.0996. The fraction of sp³-hybridized carbons (Fsp3) is 0.381. The van der Waals surface area contributed by atoms with Crippen LogP contribution in [0.5, 0.6) is 0 Å². The molecule has 2 aromatic rings. The molecule has 5 nitrogen and oxygen atoms in total. The highest BCUT2D eigenvalue weighted by Gasteiger charge is 2.23. The van der Waals surface area contributed by atoms with Crippen molar-refractivity contribution in [3.05, 3.63) is 65.2 Å². The maximum Gasteiger partial charge on any atom is 0.253 e. The van der Waals surface area contributed by atoms with Gasteiger partial charge in [0.1, 0.15) is 0 Å². The molecule has 0 aliphatic carbocycles. The second-order valence-electron chi connectivity index (χ2n) is 7.31. The summed E-state index contributed by atoms with van der Waals surface area (Å²) in [6.45, 7) is 5.84. The van der Waals surface area contributed by atoms with Crippen LogP contribution in [-0.2, 0) is 16.6 Å². The number of carbonyl (C=O) groups excluding carboxylic acids is 1. The Hall–Kier alpha value is -2.18. The van der Waals surface area contributed by atoms with Gasteiger partial charge in [-0.15, -0.1) is 0 Å². The van der Waals surface area contributed by atoms with Gasteiger partial charge in [-0.2, -0.15) is 0 Å². The summed E-state index contributed by atoms with van der Waals surface area (Å²) >= 11 is 0. The normalized spacial score (nSPS) is 15.7. The molecule has 2 aromatic carbocycles. The second-order valence-corrected chi connectivity index (χ2v) is 9.08. The molecule has 27 heavy (non-hydrogen) atoms. The summed E-state index contributed by atoms with van der Waals surface area (Å²) in [5.41, 5.74) is 2.43. The van der Waals surface area contributed by atoms with E-state index in [1.54, 1.807) is 12.1 Å². The van der Waals surface area contributed by atoms with Crippen molar-refractivity contribution in [2.24, 2.45) is 5.92 Å². The first-order chi connectivity index (χ1) is 12.8. The van der Waals surface area contributed by atoms with Crippen molar-refractivity contribution in [2.75, 3.05) is 13.1 Å². The fourth-order valence-electron chi connectivity index (χ4n) is 3.16. The Balaban J connectivity index is 1.71. The number of piperidine rings is 1. The lowest BCUT2D eigenvalue weighted by Gasteiger charge is -2.30. The predicted molar refractivity (Wildman–Crippen MR) is 106 cm³/mol. The summed E-state index contributed by atoms with van der Waals surface area (Å²) in [6.07, 6.45) is 1.98. The van der Waals surface area contributed by atoms with Crippen molar-refractivity contribution in [1.29, 1.82) is 0 Å². The van der Waals surface area contributed by atoms with E-state index in [-0.39, 0.29) is 17.3 Å². The zero-order chi connectivity index (χ0) is 19.4. The number of aryl methyl sites for hydroxylation is 1. The van der Waals surface area contributed by atoms with Gasteiger partial charge in [0, 0.05) is 25.2 Å². The minimum Gasteiger partial charge on any atom is -0.339 e. The summed E-state index contributed by atoms with van der Waals surface area (Å²) in [5.74, 6) is 0.532. The van der Waals surface area contributed by atoms with Gasteiger partial charge in [-0.1, -0.05) is 42.8 Å². The number of likely N-dealkylation sites (tertiary alicyclic amines) is 1. The Morgan fingerprint density at radius 1 is 1.11 bits per heavy atom. The zero-order valence-electron chi connectivity index (χ0n) is 15.8. The van der Waals surface area contributed by atoms with E-state index in [1.807, 2.05) is 36.1 Å². The minimum atomic E-state index is -3.68. The molecule has 1 fully saturated rings. The molecule has 3 rings (SSSR count). The average Bonchev–Trinajstić information content (AvgIpc) is 2.68. The lowest BCUT2D eigenvalue weighted by Crippen LogP contribution is -2.38. The topological polar surface area (TPSA) is 66.5 Å². The van der Waals surface area contributed by atoms with Gasteiger partial charge in [0.2, 0.25) is 10.0 Å². The van der Waals surface area contributed by atoms with Crippen LogP contribution in [0, 0.1) is 12.8 Å². The number of carbonyl (C=O) groups is 1. The molecule has 0 aromatic heterocycles. The quantitative estimate of drug-likeness (QED) is 0.857. The molecule has 1 heterocycles. The van der Waals surface area contributed by atoms with E-state index in [2.05, 4.69) is 11.6 Å². The summed E-state index contributed by atoms with van der Waals surface area (Å²) in [4.78, 5) is 14.6. The van der Waals surface area contributed by atoms with Gasteiger partial charge >= 0.3 is 0 Å². The summed E-state index contributed by atoms with van der Waals surface area (Å²) in [6, 6.07) is 14.0. The molecule has 0 bridgehead atoms. The standard InChI is InChI=1S/C21H26N2O3S/c1-16-6-8-18(9-7-16)15-22-27(25,26)20-5-3-4-19(14-20)21(24)23-12-10-17(2)11-13-23/h3-9,14,17,22H,10-13,15H2,1-2H3. The molecular weight excluding hydrogens is 360 g/mol. The van der Waals surface area contributed by atoms with Gasteiger partial charge < -0.3 is 4.90 Å². The van der Waals surface area contributed by atoms with Crippen molar-refractivity contribution in [1.82, 2.24) is 9.62 Å². The maximum absolute atomic E-state index is 12.7. The summed E-state index contributed by atoms with van der Waals surface area (Å²) in [5, 5.41) is 0. The lowest BCUT2D eigenvalue weighted by molar-refractivity contribution is 0.0697. The van der Waals surface area contributed by atoms with Crippen molar-refractivity contribution in [2.45, 2.75) is 38.1 Å². The molecule has 0 spiro atoms. The molecule has 0 radical (unpaired) electrons. The van der Waals surface area contributed by atoms with E-state index in [4.69, 9.17) is 0 Å². The second kappa shape index (κ2) is 8.23. The van der Waals surface area contributed by atoms with E-state index >= 15 is 0 Å². The molecular formula is C21H26N2O3S. The molecule has 144 valence electrons. The van der Waals surface area contributed by atoms with Crippen LogP contribution >= 0.6 is 0 Å². The molecule has 0 unspecified atom stereocenters. The maximum atomic E-state index is 12.7. The smallest absolute Gasteiger partial charge is 0.253 e. The highest BCUT2D eigenvalue weighted by Crippen LogP contribution is 2.20. The Morgan fingerprint density at radius 2 is 1.78 bits per heavy atom. The number of hydrogen-bond donors (Lipinski definition) is 1. The zero-order valence-corrected chi connectivity index (χ0v) is 16.6. The van der Waals surface area contributed by atoms with Crippen molar-refractivity contribution < 1.29 is 13.2 Å². The van der Waals surface area contributed by atoms with E-state index in [1.165, 1.54) is 12.1 Å². The number of nitrogens with one attached hydrogen (secondary N) is 1. The van der Waals surface area contributed by atoms with Crippen molar-refractivity contribution in [3.8, 4) is 0 Å². The van der Waals surface area contributed by atoms with Gasteiger partial charge in [-0.3, -0.25) is 4.79 Å². The molecule has 1 aliphatic rings. The van der Waals surface area contributed by atoms with Crippen LogP contribution in [0.25, 0.3) is 0 Å². The van der Waals surface area contributed by atoms with E-state index in [0.29, 0.717) is 11.5 Å². The molecule has 1 saturated heterocycles. The predicted octanol–water partition coefficient (Wildman–Crippen LogP) is 3.35. The van der Waals surface area contributed by atoms with Crippen LogP contribution in [0.3, 0.4) is 0 Å². The van der Waals surface area contributed by atoms with Crippen molar-refractivity contribution >= 4 is 15.9 Å². The Labute approximate surface area is 161 Å². The Morgan fingerprint density at radius 3 is 2.44 bits per heavy atom. The molecule has 1 aliphatic heterocycles. The monoisotopic (exact) mass is 386 g/mol. The summed E-state index contributed by atoms with van der Waals surface area (Å²) < 4.78 is 27.9. The fourth-order valence-corrected chi connectivity index (χ4v) is 4.22. The van der Waals surface area contributed by atoms with Crippen LogP contribution in [0.2, 0.25) is 0 Å². The molecule has 0 saturated carbocycles. The first kappa shape index (κ1) is 19.6. The van der Waals surface area contributed by atoms with Crippen LogP contribution in [0.4, 0.5) is 0 Å². The average molecular weight is 387 g/mol. The van der Waals surface area contributed by atoms with Gasteiger partial charge in [-0.25, -0.2) is 13.1 Å². The van der Waals surface area contributed by atoms with Gasteiger partial charge in [-0.05, 0) is 49.4 Å². The lowest BCUT2D eigenvalue weighted by atomic mass is 9.98. The third-order valence-electron chi connectivity index (χ3n) is 5.05. The van der Waals surface area contributed by atoms with Gasteiger partial charge in [0.25, 0.3) is 5.91 Å². The van der Waals surface area contributed by atoms with Crippen LogP contribution in [0.15, 0.2) is 53.4 Å². The van der Waals surface area contributed by atoms with E-state index < -0.39 is 10.0 Å². The molecule has 1 amide bonds. The third kappa shape index (κ3) is 4.96. The Kier molecular flexibility index (Phi) is 5.97. The highest BCUT2D eigenvalue weighted by atomic mass is 32.2. The van der Waals surface area contributed by atoms with Gasteiger partial charge in [0.15, 0.2) is 0 Å². The molecule has 0 atom stereocenters. The number of hydrogen-bond acceptors (Lipinski definition) is 3. The van der Waals surface area contributed by atoms with Crippen LogP contribution in [0.1, 0.15) is 41.3 Å². The van der Waals surface area contributed by atoms with E-state index in [9.17, 15) is 13.2 Å². The number of nitrogens with zero attached hydrogens (tertiary/aromatic N) is 1. The number of amides is 1. The Bertz CT molecular complexity index is 899. The van der Waals surface area contributed by atoms with E-state index in [0.717, 1.165) is 37.1 Å². The molecule has 1 N–H and O–H groups in total. The summed E-state index contributed by atoms with van der Waals surface area (Å²) in [7, 11) is -3.68. The number of rotatable bonds is 5. The first-order valence-electron chi connectivity index (χ1n) is 9.30. The highest BCUT2D eigenvalue weighted by molar-refractivity contribution is 7.89. The van der Waals surface area contributed by atoms with Crippen molar-refractivity contribution in [3.63, 3.8) is 0 Å². The first-order valence-corrected chi connectivity index (χ1v) is 10.8. The number of benzene rings is 2. The largest absolute Gasteiger partial charge is 0.339 e. The molecule has 6 heteroatoms. The SMILES string of the molecule is Cc1ccc(CNS(=O)(=O)c2cccc(C(=O)N3CCC(C)CC3)c2)cc1. The van der Waals surface area contributed by atoms with Crippen LogP contribution < -0.4 is 4.72 Å². The van der Waals surface area contributed by atoms with Crippen LogP contribution in [-0.4, -0.2) is 32.3 Å². The third-order valence-corrected chi connectivity index (χ3v) is 6.45. The number of sulfonamides is 1.